The van der Waals surface area contributed by atoms with E-state index < -0.39 is 0 Å². The van der Waals surface area contributed by atoms with Crippen molar-refractivity contribution in [3.63, 3.8) is 0 Å². The summed E-state index contributed by atoms with van der Waals surface area (Å²) in [6.45, 7) is 10.1. The zero-order chi connectivity index (χ0) is 25.4. The fourth-order valence-electron chi connectivity index (χ4n) is 4.44. The first kappa shape index (κ1) is 27.6. The molecule has 0 saturated carbocycles. The smallest absolute Gasteiger partial charge is 0.119 e. The topological polar surface area (TPSA) is 18.5 Å². The largest absolute Gasteiger partial charge is 0.494 e. The average Bonchev–Trinajstić information content (AvgIpc) is 2.93. The Morgan fingerprint density at radius 3 is 1.53 bits per heavy atom. The van der Waals surface area contributed by atoms with Gasteiger partial charge in [0.25, 0.3) is 0 Å². The van der Waals surface area contributed by atoms with Gasteiger partial charge in [-0.3, -0.25) is 0 Å². The molecule has 3 rings (SSSR count). The molecule has 0 fully saturated rings. The van der Waals surface area contributed by atoms with Crippen LogP contribution >= 0.6 is 0 Å². The van der Waals surface area contributed by atoms with Crippen LogP contribution in [0.15, 0.2) is 73.3 Å². The van der Waals surface area contributed by atoms with Crippen molar-refractivity contribution < 1.29 is 9.47 Å². The van der Waals surface area contributed by atoms with Gasteiger partial charge in [-0.05, 0) is 71.0 Å². The van der Waals surface area contributed by atoms with Crippen molar-refractivity contribution in [2.45, 2.75) is 78.1 Å². The van der Waals surface area contributed by atoms with Crippen LogP contribution in [0.5, 0.6) is 11.5 Å². The molecule has 0 aliphatic rings. The minimum atomic E-state index is 0.790. The molecule has 0 heterocycles. The zero-order valence-corrected chi connectivity index (χ0v) is 22.4. The predicted octanol–water partition coefficient (Wildman–Crippen LogP) is 10.4. The Labute approximate surface area is 219 Å². The molecule has 0 bridgehead atoms. The summed E-state index contributed by atoms with van der Waals surface area (Å²) in [5.41, 5.74) is 5.85. The lowest BCUT2D eigenvalue weighted by Gasteiger charge is -2.12. The highest BCUT2D eigenvalue weighted by atomic mass is 16.5. The first-order valence-corrected chi connectivity index (χ1v) is 14.0. The van der Waals surface area contributed by atoms with E-state index >= 15 is 0 Å². The number of rotatable bonds is 17. The normalized spacial score (nSPS) is 10.8. The van der Waals surface area contributed by atoms with E-state index in [4.69, 9.17) is 9.47 Å². The van der Waals surface area contributed by atoms with Crippen LogP contribution in [0.3, 0.4) is 0 Å². The molecule has 36 heavy (non-hydrogen) atoms. The highest BCUT2D eigenvalue weighted by molar-refractivity contribution is 5.79. The molecule has 0 aliphatic heterocycles. The Morgan fingerprint density at radius 2 is 1.03 bits per heavy atom. The Balaban J connectivity index is 1.56. The first-order valence-electron chi connectivity index (χ1n) is 14.0. The van der Waals surface area contributed by atoms with Crippen molar-refractivity contribution >= 4 is 6.08 Å². The lowest BCUT2D eigenvalue weighted by atomic mass is 9.95. The Hall–Kier alpha value is -3.00. The average molecular weight is 485 g/mol. The third-order valence-electron chi connectivity index (χ3n) is 6.66. The summed E-state index contributed by atoms with van der Waals surface area (Å²) in [7, 11) is 0. The second-order valence-electron chi connectivity index (χ2n) is 9.58. The van der Waals surface area contributed by atoms with Gasteiger partial charge in [-0.2, -0.15) is 0 Å². The Kier molecular flexibility index (Phi) is 12.2. The first-order chi connectivity index (χ1) is 17.7. The molecular weight excluding hydrogens is 440 g/mol. The lowest BCUT2D eigenvalue weighted by molar-refractivity contribution is 0.304. The molecule has 0 spiro atoms. The predicted molar refractivity (Wildman–Crippen MR) is 156 cm³/mol. The maximum Gasteiger partial charge on any atom is 0.119 e. The number of ether oxygens (including phenoxy) is 2. The van der Waals surface area contributed by atoms with E-state index in [1.54, 1.807) is 0 Å². The molecule has 0 N–H and O–H groups in total. The van der Waals surface area contributed by atoms with Crippen molar-refractivity contribution in [2.75, 3.05) is 13.2 Å². The fraction of sp³-hybridized carbons (Fsp3) is 0.412. The van der Waals surface area contributed by atoms with Crippen LogP contribution in [-0.2, 0) is 0 Å². The molecule has 0 aromatic heterocycles. The molecule has 0 aliphatic carbocycles. The van der Waals surface area contributed by atoms with Gasteiger partial charge in [-0.25, -0.2) is 0 Å². The van der Waals surface area contributed by atoms with Crippen molar-refractivity contribution in [3.8, 4) is 33.8 Å². The van der Waals surface area contributed by atoms with Crippen molar-refractivity contribution in [2.24, 2.45) is 0 Å². The molecule has 0 unspecified atom stereocenters. The minimum Gasteiger partial charge on any atom is -0.494 e. The molecule has 0 saturated heterocycles. The van der Waals surface area contributed by atoms with Crippen LogP contribution in [0.1, 0.15) is 83.6 Å². The quantitative estimate of drug-likeness (QED) is 0.177. The maximum atomic E-state index is 5.94. The Bertz CT molecular complexity index is 1020. The summed E-state index contributed by atoms with van der Waals surface area (Å²) in [6, 6.07) is 23.5. The summed E-state index contributed by atoms with van der Waals surface area (Å²) in [4.78, 5) is 0. The number of benzene rings is 3. The second-order valence-corrected chi connectivity index (χ2v) is 9.58. The summed E-state index contributed by atoms with van der Waals surface area (Å²) in [6.07, 6.45) is 14.5. The van der Waals surface area contributed by atoms with Gasteiger partial charge in [-0.15, -0.1) is 0 Å². The van der Waals surface area contributed by atoms with E-state index in [9.17, 15) is 0 Å². The zero-order valence-electron chi connectivity index (χ0n) is 22.4. The summed E-state index contributed by atoms with van der Waals surface area (Å²) < 4.78 is 11.9. The van der Waals surface area contributed by atoms with Crippen LogP contribution in [0.2, 0.25) is 0 Å². The van der Waals surface area contributed by atoms with Gasteiger partial charge in [0.05, 0.1) is 13.2 Å². The van der Waals surface area contributed by atoms with Gasteiger partial charge in [0.15, 0.2) is 0 Å². The standard InChI is InChI=1S/C34H44O2/c1-4-7-9-11-13-25-35-32-20-15-29(16-21-32)31-19-24-34(28(6-3)27-31)30-17-22-33(23-18-30)36-26-14-12-10-8-5-2/h6,15-24,27H,3-5,7-14,25-26H2,1-2H3. The van der Waals surface area contributed by atoms with E-state index in [-0.39, 0.29) is 0 Å². The van der Waals surface area contributed by atoms with E-state index in [0.29, 0.717) is 0 Å². The van der Waals surface area contributed by atoms with Gasteiger partial charge in [-0.1, -0.05) is 114 Å². The van der Waals surface area contributed by atoms with Crippen LogP contribution in [-0.4, -0.2) is 13.2 Å². The molecule has 192 valence electrons. The summed E-state index contributed by atoms with van der Waals surface area (Å²) in [5, 5.41) is 0. The molecule has 2 nitrogen and oxygen atoms in total. The van der Waals surface area contributed by atoms with Crippen LogP contribution in [0.25, 0.3) is 28.3 Å². The molecule has 0 amide bonds. The van der Waals surface area contributed by atoms with Gasteiger partial charge in [0, 0.05) is 0 Å². The highest BCUT2D eigenvalue weighted by Crippen LogP contribution is 2.31. The van der Waals surface area contributed by atoms with Gasteiger partial charge in [0.2, 0.25) is 0 Å². The van der Waals surface area contributed by atoms with Crippen LogP contribution in [0.4, 0.5) is 0 Å². The van der Waals surface area contributed by atoms with Crippen LogP contribution in [0, 0.1) is 0 Å². The van der Waals surface area contributed by atoms with Gasteiger partial charge >= 0.3 is 0 Å². The molecule has 0 atom stereocenters. The van der Waals surface area contributed by atoms with E-state index in [0.717, 1.165) is 43.1 Å². The maximum absolute atomic E-state index is 5.94. The monoisotopic (exact) mass is 484 g/mol. The molecule has 3 aromatic carbocycles. The van der Waals surface area contributed by atoms with Crippen molar-refractivity contribution in [1.29, 1.82) is 0 Å². The van der Waals surface area contributed by atoms with Crippen LogP contribution < -0.4 is 9.47 Å². The SMILES string of the molecule is C=Cc1cc(-c2ccc(OCCCCCCC)cc2)ccc1-c1ccc(OCCCCCCC)cc1. The Morgan fingerprint density at radius 1 is 0.556 bits per heavy atom. The van der Waals surface area contributed by atoms with Gasteiger partial charge in [0.1, 0.15) is 11.5 Å². The summed E-state index contributed by atoms with van der Waals surface area (Å²) in [5.74, 6) is 1.88. The van der Waals surface area contributed by atoms with E-state index in [1.165, 1.54) is 73.6 Å². The highest BCUT2D eigenvalue weighted by Gasteiger charge is 2.07. The third-order valence-corrected chi connectivity index (χ3v) is 6.66. The minimum absolute atomic E-state index is 0.790. The molecule has 0 radical (unpaired) electrons. The van der Waals surface area contributed by atoms with Crippen molar-refractivity contribution in [3.05, 3.63) is 78.9 Å². The molecule has 2 heteroatoms. The number of hydrogen-bond donors (Lipinski definition) is 0. The molecule has 3 aromatic rings. The fourth-order valence-corrected chi connectivity index (χ4v) is 4.44. The summed E-state index contributed by atoms with van der Waals surface area (Å²) >= 11 is 0. The second kappa shape index (κ2) is 15.9. The number of unbranched alkanes of at least 4 members (excludes halogenated alkanes) is 8. The van der Waals surface area contributed by atoms with E-state index in [2.05, 4.69) is 87.2 Å². The van der Waals surface area contributed by atoms with Gasteiger partial charge < -0.3 is 9.47 Å². The third kappa shape index (κ3) is 8.90. The lowest BCUT2D eigenvalue weighted by Crippen LogP contribution is -1.97. The van der Waals surface area contributed by atoms with Crippen molar-refractivity contribution in [1.82, 2.24) is 0 Å². The number of hydrogen-bond acceptors (Lipinski definition) is 2. The van der Waals surface area contributed by atoms with E-state index in [1.807, 2.05) is 6.08 Å². The molecular formula is C34H44O2.